The summed E-state index contributed by atoms with van der Waals surface area (Å²) in [5, 5.41) is -1.08. The molecule has 29 heavy (non-hydrogen) atoms. The quantitative estimate of drug-likeness (QED) is 0.500. The molecule has 0 bridgehead atoms. The van der Waals surface area contributed by atoms with Gasteiger partial charge < -0.3 is 0 Å². The normalized spacial score (nSPS) is 23.4. The molecule has 0 aliphatic heterocycles. The molecule has 0 atom stereocenters. The zero-order chi connectivity index (χ0) is 21.0. The van der Waals surface area contributed by atoms with Gasteiger partial charge in [0.1, 0.15) is 0 Å². The second kappa shape index (κ2) is 13.3. The Labute approximate surface area is 178 Å². The summed E-state index contributed by atoms with van der Waals surface area (Å²) in [5.74, 6) is 0. The van der Waals surface area contributed by atoms with Crippen LogP contribution in [0.5, 0.6) is 0 Å². The van der Waals surface area contributed by atoms with Crippen LogP contribution in [0.2, 0.25) is 0 Å². The summed E-state index contributed by atoms with van der Waals surface area (Å²) in [7, 11) is -8.36. The highest BCUT2D eigenvalue weighted by atomic mass is 32.3. The van der Waals surface area contributed by atoms with Crippen molar-refractivity contribution in [3.63, 3.8) is 0 Å². The van der Waals surface area contributed by atoms with Crippen LogP contribution in [0.4, 0.5) is 0 Å². The molecule has 172 valence electrons. The Bertz CT molecular complexity index is 568. The molecule has 2 rings (SSSR count). The van der Waals surface area contributed by atoms with E-state index in [4.69, 9.17) is 8.37 Å². The van der Waals surface area contributed by atoms with E-state index in [1.165, 1.54) is 38.5 Å². The Morgan fingerprint density at radius 2 is 0.690 bits per heavy atom. The molecule has 2 fully saturated rings. The minimum atomic E-state index is -4.18. The highest BCUT2D eigenvalue weighted by molar-refractivity contribution is 8.03. The molecule has 2 aliphatic rings. The number of hydrogen-bond acceptors (Lipinski definition) is 6. The average molecular weight is 453 g/mol. The third-order valence-electron chi connectivity index (χ3n) is 5.96. The van der Waals surface area contributed by atoms with Crippen LogP contribution in [0.1, 0.15) is 116 Å². The van der Waals surface area contributed by atoms with Gasteiger partial charge in [-0.25, -0.2) is 0 Å². The van der Waals surface area contributed by atoms with Crippen LogP contribution in [0, 0.1) is 0 Å². The zero-order valence-electron chi connectivity index (χ0n) is 17.9. The summed E-state index contributed by atoms with van der Waals surface area (Å²) in [6.45, 7) is 0. The van der Waals surface area contributed by atoms with Crippen molar-refractivity contribution in [2.24, 2.45) is 0 Å². The Morgan fingerprint density at radius 1 is 0.448 bits per heavy atom. The van der Waals surface area contributed by atoms with Crippen molar-refractivity contribution in [3.05, 3.63) is 0 Å². The fourth-order valence-corrected chi connectivity index (χ4v) is 7.46. The van der Waals surface area contributed by atoms with E-state index in [9.17, 15) is 16.8 Å². The molecule has 0 heterocycles. The van der Waals surface area contributed by atoms with Crippen molar-refractivity contribution in [2.45, 2.75) is 128 Å². The predicted molar refractivity (Wildman–Crippen MR) is 116 cm³/mol. The molecule has 0 aromatic carbocycles. The second-order valence-electron chi connectivity index (χ2n) is 8.77. The monoisotopic (exact) mass is 452 g/mol. The van der Waals surface area contributed by atoms with Gasteiger partial charge in [-0.1, -0.05) is 89.9 Å². The van der Waals surface area contributed by atoms with Crippen molar-refractivity contribution in [3.8, 4) is 0 Å². The first-order chi connectivity index (χ1) is 13.9. The highest BCUT2D eigenvalue weighted by Crippen LogP contribution is 2.23. The summed E-state index contributed by atoms with van der Waals surface area (Å²) in [4.78, 5) is 0. The van der Waals surface area contributed by atoms with Crippen molar-refractivity contribution in [1.82, 2.24) is 0 Å². The van der Waals surface area contributed by atoms with Crippen LogP contribution in [0.25, 0.3) is 0 Å². The lowest BCUT2D eigenvalue weighted by atomic mass is 9.99. The van der Waals surface area contributed by atoms with E-state index in [0.717, 1.165) is 51.4 Å². The molecule has 0 spiro atoms. The Kier molecular flexibility index (Phi) is 11.5. The van der Waals surface area contributed by atoms with Crippen molar-refractivity contribution >= 4 is 20.2 Å². The predicted octanol–water partition coefficient (Wildman–Crippen LogP) is 5.42. The van der Waals surface area contributed by atoms with Gasteiger partial charge in [0.05, 0.1) is 12.2 Å². The smallest absolute Gasteiger partial charge is 0.266 e. The lowest BCUT2D eigenvalue weighted by Gasteiger charge is -2.21. The zero-order valence-corrected chi connectivity index (χ0v) is 19.5. The Morgan fingerprint density at radius 3 is 0.966 bits per heavy atom. The molecule has 0 aromatic rings. The highest BCUT2D eigenvalue weighted by Gasteiger charge is 2.29. The lowest BCUT2D eigenvalue weighted by Crippen LogP contribution is -2.28. The van der Waals surface area contributed by atoms with Crippen LogP contribution in [0.3, 0.4) is 0 Å². The van der Waals surface area contributed by atoms with Crippen LogP contribution in [0.15, 0.2) is 0 Å². The van der Waals surface area contributed by atoms with Gasteiger partial charge in [-0.2, -0.15) is 16.8 Å². The fourth-order valence-electron chi connectivity index (χ4n) is 4.38. The average Bonchev–Trinajstić information content (AvgIpc) is 2.64. The minimum absolute atomic E-state index is 0.415. The van der Waals surface area contributed by atoms with Gasteiger partial charge in [0.25, 0.3) is 20.2 Å². The molecular formula is C21H40O6S2. The third kappa shape index (κ3) is 11.7. The molecular weight excluding hydrogens is 412 g/mol. The largest absolute Gasteiger partial charge is 0.284 e. The Hall–Kier alpha value is -0.180. The molecule has 2 aliphatic carbocycles. The molecule has 8 heteroatoms. The van der Waals surface area contributed by atoms with Crippen molar-refractivity contribution in [2.75, 3.05) is 5.08 Å². The van der Waals surface area contributed by atoms with E-state index < -0.39 is 37.5 Å². The molecule has 0 saturated heterocycles. The van der Waals surface area contributed by atoms with Gasteiger partial charge in [-0.15, -0.1) is 0 Å². The van der Waals surface area contributed by atoms with E-state index in [1.807, 2.05) is 0 Å². The molecule has 6 nitrogen and oxygen atoms in total. The van der Waals surface area contributed by atoms with Crippen LogP contribution in [-0.2, 0) is 28.6 Å². The van der Waals surface area contributed by atoms with Crippen molar-refractivity contribution < 1.29 is 25.2 Å². The maximum absolute atomic E-state index is 12.5. The maximum atomic E-state index is 12.5. The van der Waals surface area contributed by atoms with E-state index in [1.54, 1.807) is 0 Å². The molecule has 0 N–H and O–H groups in total. The number of hydrogen-bond donors (Lipinski definition) is 0. The molecule has 0 aromatic heterocycles. The van der Waals surface area contributed by atoms with Gasteiger partial charge in [0, 0.05) is 0 Å². The van der Waals surface area contributed by atoms with Gasteiger partial charge >= 0.3 is 0 Å². The second-order valence-corrected chi connectivity index (χ2v) is 12.3. The van der Waals surface area contributed by atoms with E-state index in [-0.39, 0.29) is 0 Å². The minimum Gasteiger partial charge on any atom is -0.266 e. The van der Waals surface area contributed by atoms with Gasteiger partial charge in [-0.3, -0.25) is 8.37 Å². The topological polar surface area (TPSA) is 86.7 Å². The SMILES string of the molecule is O=S(=O)(CS(=O)(=O)OC1CCCCCCCCC1)OC1CCCCCCCCC1. The van der Waals surface area contributed by atoms with Gasteiger partial charge in [0.15, 0.2) is 0 Å². The van der Waals surface area contributed by atoms with E-state index in [0.29, 0.717) is 25.7 Å². The summed E-state index contributed by atoms with van der Waals surface area (Å²) in [6.07, 6.45) is 17.0. The first-order valence-corrected chi connectivity index (χ1v) is 14.8. The van der Waals surface area contributed by atoms with Gasteiger partial charge in [-0.05, 0) is 25.7 Å². The maximum Gasteiger partial charge on any atom is 0.284 e. The van der Waals surface area contributed by atoms with Crippen LogP contribution >= 0.6 is 0 Å². The van der Waals surface area contributed by atoms with Crippen molar-refractivity contribution in [1.29, 1.82) is 0 Å². The van der Waals surface area contributed by atoms with E-state index >= 15 is 0 Å². The van der Waals surface area contributed by atoms with Crippen LogP contribution < -0.4 is 0 Å². The lowest BCUT2D eigenvalue weighted by molar-refractivity contribution is 0.173. The molecule has 0 amide bonds. The van der Waals surface area contributed by atoms with Crippen LogP contribution in [-0.4, -0.2) is 34.1 Å². The molecule has 0 radical (unpaired) electrons. The third-order valence-corrected chi connectivity index (χ3v) is 9.40. The molecule has 0 unspecified atom stereocenters. The standard InChI is InChI=1S/C21H40O6S2/c22-28(23,26-20-15-11-7-3-1-4-8-12-16-20)19-29(24,25)27-21-17-13-9-5-2-6-10-14-18-21/h20-21H,1-19H2. The summed E-state index contributed by atoms with van der Waals surface area (Å²) in [5.41, 5.74) is 0. The first kappa shape index (κ1) is 25.1. The summed E-state index contributed by atoms with van der Waals surface area (Å²) in [6, 6.07) is 0. The Balaban J connectivity index is 1.88. The number of rotatable bonds is 6. The van der Waals surface area contributed by atoms with E-state index in [2.05, 4.69) is 0 Å². The van der Waals surface area contributed by atoms with Gasteiger partial charge in [0.2, 0.25) is 5.08 Å². The fraction of sp³-hybridized carbons (Fsp3) is 1.00. The summed E-state index contributed by atoms with van der Waals surface area (Å²) >= 11 is 0. The first-order valence-electron chi connectivity index (χ1n) is 11.7. The summed E-state index contributed by atoms with van der Waals surface area (Å²) < 4.78 is 60.5. The molecule has 2 saturated carbocycles.